The summed E-state index contributed by atoms with van der Waals surface area (Å²) in [5.74, 6) is 0.509. The van der Waals surface area contributed by atoms with E-state index in [1.807, 2.05) is 21.7 Å². The number of hydrogen-bond donors (Lipinski definition) is 0. The van der Waals surface area contributed by atoms with E-state index in [4.69, 9.17) is 11.6 Å². The standard InChI is InChI=1S/C21H19ClFN3O/c22-17-6-4-16(5-7-17)21(27)26(19-8-9-19)14-20-24-10-11-25(20)13-15-2-1-3-18(23)12-15/h1-7,10-12,19H,8-9,13-14H2. The van der Waals surface area contributed by atoms with E-state index in [-0.39, 0.29) is 17.8 Å². The molecule has 138 valence electrons. The molecule has 1 fully saturated rings. The van der Waals surface area contributed by atoms with Crippen molar-refractivity contribution in [2.45, 2.75) is 32.0 Å². The van der Waals surface area contributed by atoms with E-state index in [0.717, 1.165) is 24.2 Å². The minimum atomic E-state index is -0.258. The molecule has 6 heteroatoms. The lowest BCUT2D eigenvalue weighted by Crippen LogP contribution is -2.33. The minimum Gasteiger partial charge on any atom is -0.329 e. The van der Waals surface area contributed by atoms with Gasteiger partial charge in [0.2, 0.25) is 0 Å². The van der Waals surface area contributed by atoms with Crippen LogP contribution in [0.2, 0.25) is 5.02 Å². The molecule has 1 amide bonds. The van der Waals surface area contributed by atoms with Crippen LogP contribution in [0.4, 0.5) is 4.39 Å². The number of rotatable bonds is 6. The smallest absolute Gasteiger partial charge is 0.254 e. The number of aromatic nitrogens is 2. The fourth-order valence-corrected chi connectivity index (χ4v) is 3.26. The number of hydrogen-bond acceptors (Lipinski definition) is 2. The Bertz CT molecular complexity index is 950. The van der Waals surface area contributed by atoms with E-state index in [2.05, 4.69) is 4.98 Å². The highest BCUT2D eigenvalue weighted by Crippen LogP contribution is 2.30. The van der Waals surface area contributed by atoms with E-state index >= 15 is 0 Å². The van der Waals surface area contributed by atoms with Gasteiger partial charge in [0.25, 0.3) is 5.91 Å². The van der Waals surface area contributed by atoms with E-state index < -0.39 is 0 Å². The maximum atomic E-state index is 13.5. The molecule has 0 unspecified atom stereocenters. The summed E-state index contributed by atoms with van der Waals surface area (Å²) in [6.45, 7) is 0.940. The monoisotopic (exact) mass is 383 g/mol. The number of amides is 1. The van der Waals surface area contributed by atoms with Crippen LogP contribution in [-0.4, -0.2) is 26.4 Å². The van der Waals surface area contributed by atoms with E-state index in [9.17, 15) is 9.18 Å². The highest BCUT2D eigenvalue weighted by atomic mass is 35.5. The topological polar surface area (TPSA) is 38.1 Å². The Morgan fingerprint density at radius 3 is 2.70 bits per heavy atom. The number of benzene rings is 2. The largest absolute Gasteiger partial charge is 0.329 e. The van der Waals surface area contributed by atoms with Gasteiger partial charge in [0, 0.05) is 35.6 Å². The molecule has 27 heavy (non-hydrogen) atoms. The van der Waals surface area contributed by atoms with Crippen LogP contribution >= 0.6 is 11.6 Å². The summed E-state index contributed by atoms with van der Waals surface area (Å²) >= 11 is 5.93. The Balaban J connectivity index is 1.54. The fraction of sp³-hybridized carbons (Fsp3) is 0.238. The summed E-state index contributed by atoms with van der Waals surface area (Å²) in [5.41, 5.74) is 1.48. The van der Waals surface area contributed by atoms with Crippen molar-refractivity contribution < 1.29 is 9.18 Å². The maximum Gasteiger partial charge on any atom is 0.254 e. The van der Waals surface area contributed by atoms with Gasteiger partial charge in [0.1, 0.15) is 11.6 Å². The number of carbonyl (C=O) groups is 1. The van der Waals surface area contributed by atoms with Gasteiger partial charge in [-0.05, 0) is 54.8 Å². The molecular formula is C21H19ClFN3O. The molecular weight excluding hydrogens is 365 g/mol. The van der Waals surface area contributed by atoms with Crippen molar-refractivity contribution in [1.29, 1.82) is 0 Å². The number of carbonyl (C=O) groups excluding carboxylic acids is 1. The van der Waals surface area contributed by atoms with Gasteiger partial charge >= 0.3 is 0 Å². The van der Waals surface area contributed by atoms with Crippen LogP contribution in [0.3, 0.4) is 0 Å². The highest BCUT2D eigenvalue weighted by molar-refractivity contribution is 6.30. The maximum absolute atomic E-state index is 13.5. The second-order valence-corrected chi connectivity index (χ2v) is 7.21. The third-order valence-electron chi connectivity index (χ3n) is 4.70. The van der Waals surface area contributed by atoms with Crippen LogP contribution in [0.25, 0.3) is 0 Å². The molecule has 4 nitrogen and oxygen atoms in total. The predicted molar refractivity (Wildman–Crippen MR) is 102 cm³/mol. The lowest BCUT2D eigenvalue weighted by molar-refractivity contribution is 0.0723. The lowest BCUT2D eigenvalue weighted by atomic mass is 10.2. The number of halogens is 2. The van der Waals surface area contributed by atoms with Crippen molar-refractivity contribution in [1.82, 2.24) is 14.5 Å². The van der Waals surface area contributed by atoms with Gasteiger partial charge in [-0.3, -0.25) is 4.79 Å². The third kappa shape index (κ3) is 4.19. The molecule has 1 aromatic heterocycles. The molecule has 1 heterocycles. The zero-order chi connectivity index (χ0) is 18.8. The van der Waals surface area contributed by atoms with Crippen molar-refractivity contribution in [3.63, 3.8) is 0 Å². The summed E-state index contributed by atoms with van der Waals surface area (Å²) < 4.78 is 15.4. The van der Waals surface area contributed by atoms with Gasteiger partial charge in [-0.25, -0.2) is 9.37 Å². The third-order valence-corrected chi connectivity index (χ3v) is 4.95. The molecule has 0 N–H and O–H groups in total. The summed E-state index contributed by atoms with van der Waals surface area (Å²) in [5, 5.41) is 0.607. The van der Waals surface area contributed by atoms with Crippen LogP contribution in [0, 0.1) is 5.82 Å². The molecule has 1 aliphatic carbocycles. The molecule has 1 aliphatic rings. The molecule has 0 bridgehead atoms. The predicted octanol–water partition coefficient (Wildman–Crippen LogP) is 4.53. The Morgan fingerprint density at radius 1 is 1.22 bits per heavy atom. The molecule has 0 atom stereocenters. The van der Waals surface area contributed by atoms with Crippen LogP contribution in [0.15, 0.2) is 60.9 Å². The van der Waals surface area contributed by atoms with Gasteiger partial charge < -0.3 is 9.47 Å². The molecule has 2 aromatic carbocycles. The van der Waals surface area contributed by atoms with Crippen molar-refractivity contribution in [2.75, 3.05) is 0 Å². The van der Waals surface area contributed by atoms with Gasteiger partial charge in [-0.1, -0.05) is 23.7 Å². The lowest BCUT2D eigenvalue weighted by Gasteiger charge is -2.23. The first-order valence-corrected chi connectivity index (χ1v) is 9.29. The highest BCUT2D eigenvalue weighted by Gasteiger charge is 2.33. The molecule has 1 saturated carbocycles. The minimum absolute atomic E-state index is 0.0190. The number of imidazole rings is 1. The van der Waals surface area contributed by atoms with Gasteiger partial charge in [-0.2, -0.15) is 0 Å². The number of nitrogens with zero attached hydrogens (tertiary/aromatic N) is 3. The van der Waals surface area contributed by atoms with Crippen molar-refractivity contribution in [2.24, 2.45) is 0 Å². The zero-order valence-electron chi connectivity index (χ0n) is 14.7. The Kier molecular flexibility index (Phi) is 4.94. The van der Waals surface area contributed by atoms with Crippen molar-refractivity contribution in [3.05, 3.63) is 88.7 Å². The SMILES string of the molecule is O=C(c1ccc(Cl)cc1)N(Cc1nccn1Cc1cccc(F)c1)C1CC1. The first-order valence-electron chi connectivity index (χ1n) is 8.91. The molecule has 0 radical (unpaired) electrons. The van der Waals surface area contributed by atoms with Crippen LogP contribution in [-0.2, 0) is 13.1 Å². The quantitative estimate of drug-likeness (QED) is 0.627. The summed E-state index contributed by atoms with van der Waals surface area (Å²) in [6, 6.07) is 13.7. The average Bonchev–Trinajstić information content (AvgIpc) is 3.41. The van der Waals surface area contributed by atoms with Crippen molar-refractivity contribution >= 4 is 17.5 Å². The molecule has 0 aliphatic heterocycles. The van der Waals surface area contributed by atoms with Gasteiger partial charge in [0.05, 0.1) is 6.54 Å². The summed E-state index contributed by atoms with van der Waals surface area (Å²) in [7, 11) is 0. The average molecular weight is 384 g/mol. The van der Waals surface area contributed by atoms with Crippen LogP contribution in [0.5, 0.6) is 0 Å². The zero-order valence-corrected chi connectivity index (χ0v) is 15.4. The van der Waals surface area contributed by atoms with Gasteiger partial charge in [0.15, 0.2) is 0 Å². The van der Waals surface area contributed by atoms with Crippen molar-refractivity contribution in [3.8, 4) is 0 Å². The second kappa shape index (κ2) is 7.53. The first-order chi connectivity index (χ1) is 13.1. The van der Waals surface area contributed by atoms with E-state index in [0.29, 0.717) is 23.7 Å². The van der Waals surface area contributed by atoms with E-state index in [1.54, 1.807) is 36.5 Å². The summed E-state index contributed by atoms with van der Waals surface area (Å²) in [6.07, 6.45) is 5.58. The molecule has 3 aromatic rings. The second-order valence-electron chi connectivity index (χ2n) is 6.77. The normalized spacial score (nSPS) is 13.6. The van der Waals surface area contributed by atoms with Crippen LogP contribution < -0.4 is 0 Å². The fourth-order valence-electron chi connectivity index (χ4n) is 3.13. The van der Waals surface area contributed by atoms with E-state index in [1.165, 1.54) is 12.1 Å². The summed E-state index contributed by atoms with van der Waals surface area (Å²) in [4.78, 5) is 19.3. The van der Waals surface area contributed by atoms with Crippen LogP contribution in [0.1, 0.15) is 34.6 Å². The van der Waals surface area contributed by atoms with Gasteiger partial charge in [-0.15, -0.1) is 0 Å². The molecule has 0 spiro atoms. The molecule has 0 saturated heterocycles. The Hall–Kier alpha value is -2.66. The Morgan fingerprint density at radius 2 is 2.00 bits per heavy atom. The Labute approximate surface area is 162 Å². The molecule has 4 rings (SSSR count). The first kappa shape index (κ1) is 17.7.